The molecule has 30 heavy (non-hydrogen) atoms. The maximum absolute atomic E-state index is 12.4. The summed E-state index contributed by atoms with van der Waals surface area (Å²) in [4.78, 5) is 38.4. The van der Waals surface area contributed by atoms with Crippen LogP contribution in [0.25, 0.3) is 0 Å². The van der Waals surface area contributed by atoms with Crippen LogP contribution in [-0.4, -0.2) is 49.3 Å². The molecule has 1 aliphatic heterocycles. The Labute approximate surface area is 176 Å². The Kier molecular flexibility index (Phi) is 7.06. The zero-order valence-corrected chi connectivity index (χ0v) is 17.3. The second-order valence-corrected chi connectivity index (χ2v) is 7.09. The summed E-state index contributed by atoms with van der Waals surface area (Å²) in [5, 5.41) is 2.84. The van der Waals surface area contributed by atoms with Crippen molar-refractivity contribution in [2.45, 2.75) is 26.2 Å². The van der Waals surface area contributed by atoms with Gasteiger partial charge >= 0.3 is 0 Å². The number of Topliss-reactive ketones (excluding diaryl/α,β-unsaturated/α-hetero) is 1. The molecule has 3 rings (SSSR count). The third-order valence-corrected chi connectivity index (χ3v) is 4.91. The van der Waals surface area contributed by atoms with E-state index in [1.54, 1.807) is 25.2 Å². The van der Waals surface area contributed by atoms with Crippen molar-refractivity contribution in [1.29, 1.82) is 0 Å². The number of carbonyl (C=O) groups excluding carboxylic acids is 3. The molecule has 0 atom stereocenters. The van der Waals surface area contributed by atoms with Gasteiger partial charge in [-0.1, -0.05) is 25.1 Å². The van der Waals surface area contributed by atoms with E-state index in [4.69, 9.17) is 9.47 Å². The van der Waals surface area contributed by atoms with Gasteiger partial charge in [0.15, 0.2) is 17.3 Å². The van der Waals surface area contributed by atoms with Gasteiger partial charge in [-0.15, -0.1) is 0 Å². The number of likely N-dealkylation sites (N-methyl/N-ethyl adjacent to an activating group) is 1. The molecule has 7 nitrogen and oxygen atoms in total. The summed E-state index contributed by atoms with van der Waals surface area (Å²) in [5.74, 6) is 0.462. The van der Waals surface area contributed by atoms with E-state index < -0.39 is 0 Å². The summed E-state index contributed by atoms with van der Waals surface area (Å²) >= 11 is 0. The number of para-hydroxylation sites is 1. The minimum Gasteiger partial charge on any atom is -0.486 e. The number of rotatable bonds is 8. The van der Waals surface area contributed by atoms with Gasteiger partial charge in [0, 0.05) is 31.1 Å². The number of anilines is 1. The monoisotopic (exact) mass is 410 g/mol. The SMILES string of the molecule is CCc1ccccc1NC(=O)CN(C)C(=O)CCC(=O)c1ccc2c(c1)OCCO2. The van der Waals surface area contributed by atoms with Gasteiger partial charge in [-0.2, -0.15) is 0 Å². The van der Waals surface area contributed by atoms with Gasteiger partial charge in [0.1, 0.15) is 13.2 Å². The van der Waals surface area contributed by atoms with Gasteiger partial charge in [-0.25, -0.2) is 0 Å². The van der Waals surface area contributed by atoms with Crippen LogP contribution in [0.1, 0.15) is 35.7 Å². The Bertz CT molecular complexity index is 941. The van der Waals surface area contributed by atoms with Crippen molar-refractivity contribution in [2.24, 2.45) is 0 Å². The van der Waals surface area contributed by atoms with Gasteiger partial charge < -0.3 is 19.7 Å². The average Bonchev–Trinajstić information content (AvgIpc) is 2.77. The van der Waals surface area contributed by atoms with Crippen LogP contribution in [0.15, 0.2) is 42.5 Å². The molecule has 0 unspecified atom stereocenters. The fourth-order valence-electron chi connectivity index (χ4n) is 3.22. The standard InChI is InChI=1S/C23H26N2O5/c1-3-16-6-4-5-7-18(16)24-22(27)15-25(2)23(28)11-9-19(26)17-8-10-20-21(14-17)30-13-12-29-20/h4-8,10,14H,3,9,11-13,15H2,1-2H3,(H,24,27). The van der Waals surface area contributed by atoms with Gasteiger partial charge in [-0.05, 0) is 36.2 Å². The van der Waals surface area contributed by atoms with E-state index in [0.717, 1.165) is 17.7 Å². The van der Waals surface area contributed by atoms with Gasteiger partial charge in [0.25, 0.3) is 0 Å². The maximum Gasteiger partial charge on any atom is 0.243 e. The predicted molar refractivity (Wildman–Crippen MR) is 113 cm³/mol. The molecule has 0 spiro atoms. The van der Waals surface area contributed by atoms with E-state index in [1.807, 2.05) is 31.2 Å². The van der Waals surface area contributed by atoms with Crippen molar-refractivity contribution in [3.05, 3.63) is 53.6 Å². The summed E-state index contributed by atoms with van der Waals surface area (Å²) < 4.78 is 10.9. The van der Waals surface area contributed by atoms with Gasteiger partial charge in [-0.3, -0.25) is 14.4 Å². The predicted octanol–water partition coefficient (Wildman–Crippen LogP) is 3.08. The number of benzene rings is 2. The molecule has 2 aromatic carbocycles. The smallest absolute Gasteiger partial charge is 0.243 e. The molecular weight excluding hydrogens is 384 g/mol. The van der Waals surface area contributed by atoms with E-state index >= 15 is 0 Å². The zero-order valence-electron chi connectivity index (χ0n) is 17.3. The van der Waals surface area contributed by atoms with E-state index in [-0.39, 0.29) is 37.0 Å². The van der Waals surface area contributed by atoms with Crippen LogP contribution < -0.4 is 14.8 Å². The first kappa shape index (κ1) is 21.4. The van der Waals surface area contributed by atoms with Crippen LogP contribution in [0.4, 0.5) is 5.69 Å². The summed E-state index contributed by atoms with van der Waals surface area (Å²) in [5.41, 5.74) is 2.26. The number of fused-ring (bicyclic) bond motifs is 1. The molecule has 2 amide bonds. The Balaban J connectivity index is 1.49. The summed E-state index contributed by atoms with van der Waals surface area (Å²) in [6.07, 6.45) is 0.888. The average molecular weight is 410 g/mol. The van der Waals surface area contributed by atoms with Crippen LogP contribution in [-0.2, 0) is 16.0 Å². The van der Waals surface area contributed by atoms with E-state index in [1.165, 1.54) is 4.90 Å². The number of amides is 2. The molecular formula is C23H26N2O5. The molecule has 7 heteroatoms. The number of carbonyl (C=O) groups is 3. The van der Waals surface area contributed by atoms with Crippen LogP contribution in [0, 0.1) is 0 Å². The van der Waals surface area contributed by atoms with Crippen molar-refractivity contribution in [1.82, 2.24) is 4.90 Å². The molecule has 0 bridgehead atoms. The Hall–Kier alpha value is -3.35. The molecule has 1 aliphatic rings. The highest BCUT2D eigenvalue weighted by Gasteiger charge is 2.18. The van der Waals surface area contributed by atoms with Crippen LogP contribution >= 0.6 is 0 Å². The van der Waals surface area contributed by atoms with Crippen molar-refractivity contribution < 1.29 is 23.9 Å². The second-order valence-electron chi connectivity index (χ2n) is 7.09. The number of hydrogen-bond acceptors (Lipinski definition) is 5. The Morgan fingerprint density at radius 2 is 1.73 bits per heavy atom. The molecule has 0 saturated heterocycles. The van der Waals surface area contributed by atoms with Crippen LogP contribution in [0.3, 0.4) is 0 Å². The minimum absolute atomic E-state index is 0.0304. The third-order valence-electron chi connectivity index (χ3n) is 4.91. The highest BCUT2D eigenvalue weighted by atomic mass is 16.6. The first-order valence-corrected chi connectivity index (χ1v) is 10.0. The number of hydrogen-bond donors (Lipinski definition) is 1. The molecule has 158 valence electrons. The maximum atomic E-state index is 12.4. The molecule has 1 N–H and O–H groups in total. The highest BCUT2D eigenvalue weighted by Crippen LogP contribution is 2.31. The summed E-state index contributed by atoms with van der Waals surface area (Å²) in [6, 6.07) is 12.6. The van der Waals surface area contributed by atoms with Crippen molar-refractivity contribution in [3.8, 4) is 11.5 Å². The normalized spacial score (nSPS) is 12.2. The molecule has 0 saturated carbocycles. The van der Waals surface area contributed by atoms with Crippen molar-refractivity contribution >= 4 is 23.3 Å². The van der Waals surface area contributed by atoms with Crippen LogP contribution in [0.2, 0.25) is 0 Å². The van der Waals surface area contributed by atoms with Crippen molar-refractivity contribution in [3.63, 3.8) is 0 Å². The van der Waals surface area contributed by atoms with E-state index in [0.29, 0.717) is 30.3 Å². The topological polar surface area (TPSA) is 84.9 Å². The summed E-state index contributed by atoms with van der Waals surface area (Å²) in [6.45, 7) is 2.87. The number of nitrogens with one attached hydrogen (secondary N) is 1. The lowest BCUT2D eigenvalue weighted by Gasteiger charge is -2.19. The molecule has 2 aromatic rings. The first-order chi connectivity index (χ1) is 14.5. The molecule has 0 radical (unpaired) electrons. The molecule has 0 aliphatic carbocycles. The van der Waals surface area contributed by atoms with E-state index in [2.05, 4.69) is 5.32 Å². The van der Waals surface area contributed by atoms with Crippen molar-refractivity contribution in [2.75, 3.05) is 32.1 Å². The molecule has 0 aromatic heterocycles. The lowest BCUT2D eigenvalue weighted by atomic mass is 10.1. The number of ether oxygens (including phenoxy) is 2. The highest BCUT2D eigenvalue weighted by molar-refractivity contribution is 5.99. The fraction of sp³-hybridized carbons (Fsp3) is 0.348. The molecule has 0 fully saturated rings. The minimum atomic E-state index is -0.273. The zero-order chi connectivity index (χ0) is 21.5. The fourth-order valence-corrected chi connectivity index (χ4v) is 3.22. The van der Waals surface area contributed by atoms with Crippen LogP contribution in [0.5, 0.6) is 11.5 Å². The Morgan fingerprint density at radius 1 is 1.00 bits per heavy atom. The third kappa shape index (κ3) is 5.37. The van der Waals surface area contributed by atoms with Gasteiger partial charge in [0.2, 0.25) is 11.8 Å². The quantitative estimate of drug-likeness (QED) is 0.676. The second kappa shape index (κ2) is 9.91. The molecule has 1 heterocycles. The number of aryl methyl sites for hydroxylation is 1. The Morgan fingerprint density at radius 3 is 2.50 bits per heavy atom. The first-order valence-electron chi connectivity index (χ1n) is 10.0. The number of nitrogens with zero attached hydrogens (tertiary/aromatic N) is 1. The summed E-state index contributed by atoms with van der Waals surface area (Å²) in [7, 11) is 1.56. The van der Waals surface area contributed by atoms with Gasteiger partial charge in [0.05, 0.1) is 6.54 Å². The number of ketones is 1. The lowest BCUT2D eigenvalue weighted by Crippen LogP contribution is -2.35. The lowest BCUT2D eigenvalue weighted by molar-refractivity contribution is -0.133. The van der Waals surface area contributed by atoms with E-state index in [9.17, 15) is 14.4 Å². The largest absolute Gasteiger partial charge is 0.486 e.